The molecule has 7 rings (SSSR count). The Bertz CT molecular complexity index is 1890. The third kappa shape index (κ3) is 11.6. The van der Waals surface area contributed by atoms with Crippen LogP contribution in [0.2, 0.25) is 0 Å². The Hall–Kier alpha value is -5.31. The quantitative estimate of drug-likeness (QED) is 0.0944. The van der Waals surface area contributed by atoms with Crippen molar-refractivity contribution in [3.8, 4) is 0 Å². The van der Waals surface area contributed by atoms with Crippen LogP contribution in [0.1, 0.15) is 84.1 Å². The number of benzene rings is 2. The average Bonchev–Trinajstić information content (AvgIpc) is 3.99. The van der Waals surface area contributed by atoms with Gasteiger partial charge in [0.15, 0.2) is 0 Å². The number of non-ortho nitro benzene ring substituents is 2. The minimum Gasteiger partial charge on any atom is -0.376 e. The van der Waals surface area contributed by atoms with Gasteiger partial charge in [0, 0.05) is 104 Å². The van der Waals surface area contributed by atoms with E-state index in [0.29, 0.717) is 37.1 Å². The summed E-state index contributed by atoms with van der Waals surface area (Å²) in [5.41, 5.74) is 2.91. The molecule has 0 radical (unpaired) electrons. The second-order valence-electron chi connectivity index (χ2n) is 14.2. The van der Waals surface area contributed by atoms with Gasteiger partial charge in [0.05, 0.1) is 9.85 Å². The Kier molecular flexibility index (Phi) is 15.5. The SMILES string of the molecule is CCCC1CC(=O)N(CO)C1.CCCC1CC(=O)N(Cc2c[nH]c3ccc([N+](=O)[O-])cc23)C1.CCCC1CNC(=O)C1.O=[N+]([O-])c1ccc2[nH]ccc2c1. The molecule has 0 bridgehead atoms. The molecule has 3 unspecified atom stereocenters. The number of fused-ring (bicyclic) bond motifs is 2. The first-order valence-corrected chi connectivity index (χ1v) is 18.8. The summed E-state index contributed by atoms with van der Waals surface area (Å²) in [5, 5.41) is 34.5. The van der Waals surface area contributed by atoms with Crippen molar-refractivity contribution in [1.82, 2.24) is 25.1 Å². The molecule has 15 heteroatoms. The van der Waals surface area contributed by atoms with E-state index >= 15 is 0 Å². The fourth-order valence-electron chi connectivity index (χ4n) is 7.25. The van der Waals surface area contributed by atoms with Crippen molar-refractivity contribution < 1.29 is 29.3 Å². The van der Waals surface area contributed by atoms with Crippen LogP contribution in [0.15, 0.2) is 54.9 Å². The normalized spacial score (nSPS) is 19.2. The van der Waals surface area contributed by atoms with Crippen LogP contribution in [0.5, 0.6) is 0 Å². The number of nitro benzene ring substituents is 2. The van der Waals surface area contributed by atoms with Gasteiger partial charge >= 0.3 is 0 Å². The van der Waals surface area contributed by atoms with Gasteiger partial charge in [0.2, 0.25) is 17.7 Å². The van der Waals surface area contributed by atoms with Gasteiger partial charge in [-0.2, -0.15) is 0 Å². The summed E-state index contributed by atoms with van der Waals surface area (Å²) in [5.74, 6) is 2.07. The molecule has 4 N–H and O–H groups in total. The van der Waals surface area contributed by atoms with Crippen molar-refractivity contribution in [1.29, 1.82) is 0 Å². The lowest BCUT2D eigenvalue weighted by Gasteiger charge is -2.16. The molecule has 292 valence electrons. The molecular weight excluding hydrogens is 694 g/mol. The third-order valence-electron chi connectivity index (χ3n) is 9.98. The van der Waals surface area contributed by atoms with E-state index in [1.54, 1.807) is 30.5 Å². The van der Waals surface area contributed by atoms with Crippen LogP contribution in [-0.4, -0.2) is 78.8 Å². The van der Waals surface area contributed by atoms with Crippen LogP contribution >= 0.6 is 0 Å². The fraction of sp³-hybridized carbons (Fsp3) is 0.513. The number of aliphatic hydroxyl groups is 1. The molecule has 3 aliphatic rings. The smallest absolute Gasteiger partial charge is 0.270 e. The molecule has 3 aliphatic heterocycles. The van der Waals surface area contributed by atoms with Crippen LogP contribution in [0, 0.1) is 38.0 Å². The van der Waals surface area contributed by atoms with Crippen molar-refractivity contribution >= 4 is 50.9 Å². The van der Waals surface area contributed by atoms with Crippen molar-refractivity contribution in [3.63, 3.8) is 0 Å². The average molecular weight is 748 g/mol. The van der Waals surface area contributed by atoms with Crippen LogP contribution in [0.4, 0.5) is 11.4 Å². The highest BCUT2D eigenvalue weighted by atomic mass is 16.6. The zero-order valence-corrected chi connectivity index (χ0v) is 31.4. The van der Waals surface area contributed by atoms with Crippen molar-refractivity contribution in [2.75, 3.05) is 26.4 Å². The molecule has 0 spiro atoms. The van der Waals surface area contributed by atoms with E-state index < -0.39 is 9.85 Å². The molecule has 15 nitrogen and oxygen atoms in total. The summed E-state index contributed by atoms with van der Waals surface area (Å²) in [4.78, 5) is 63.7. The number of carbonyl (C=O) groups excluding carboxylic acids is 3. The van der Waals surface area contributed by atoms with E-state index in [2.05, 4.69) is 36.1 Å². The van der Waals surface area contributed by atoms with Crippen LogP contribution in [-0.2, 0) is 20.9 Å². The zero-order valence-electron chi connectivity index (χ0n) is 31.4. The summed E-state index contributed by atoms with van der Waals surface area (Å²) in [6.45, 7) is 9.25. The maximum absolute atomic E-state index is 12.1. The topological polar surface area (TPSA) is 208 Å². The lowest BCUT2D eigenvalue weighted by molar-refractivity contribution is -0.384. The number of aromatic nitrogens is 2. The zero-order chi connectivity index (χ0) is 39.2. The summed E-state index contributed by atoms with van der Waals surface area (Å²) in [6, 6.07) is 11.3. The number of rotatable bonds is 11. The van der Waals surface area contributed by atoms with E-state index in [4.69, 9.17) is 5.11 Å². The Morgan fingerprint density at radius 2 is 1.31 bits per heavy atom. The van der Waals surface area contributed by atoms with E-state index in [0.717, 1.165) is 79.1 Å². The number of H-pyrrole nitrogens is 2. The van der Waals surface area contributed by atoms with Gasteiger partial charge in [-0.05, 0) is 60.8 Å². The molecule has 3 saturated heterocycles. The minimum atomic E-state index is -0.396. The molecule has 54 heavy (non-hydrogen) atoms. The number of aliphatic hydroxyl groups excluding tert-OH is 1. The highest BCUT2D eigenvalue weighted by Gasteiger charge is 2.30. The van der Waals surface area contributed by atoms with E-state index in [-0.39, 0.29) is 35.8 Å². The molecule has 3 atom stereocenters. The Morgan fingerprint density at radius 3 is 1.87 bits per heavy atom. The number of likely N-dealkylation sites (tertiary alicyclic amines) is 2. The van der Waals surface area contributed by atoms with E-state index in [1.165, 1.54) is 29.9 Å². The standard InChI is InChI=1S/C16H19N3O3.C8H6N2O2.C8H15NO2.C7H13NO/c1-2-3-11-6-16(20)18(9-11)10-12-8-17-15-5-4-13(19(21)22)7-14(12)15;11-10(12)7-1-2-8-6(5-7)3-4-9-8;1-2-3-7-4-8(11)9(5-7)6-10;1-2-3-6-4-7(9)8-5-6/h4-5,7-8,11,17H,2-3,6,9-10H2,1H3;1-5,9H;7,10H,2-6H2,1H3;6H,2-5H2,1H3,(H,8,9). The van der Waals surface area contributed by atoms with Crippen molar-refractivity contribution in [3.05, 3.63) is 80.7 Å². The van der Waals surface area contributed by atoms with Gasteiger partial charge in [-0.3, -0.25) is 34.6 Å². The van der Waals surface area contributed by atoms with Crippen molar-refractivity contribution in [2.45, 2.75) is 85.1 Å². The molecule has 5 heterocycles. The number of hydrogen-bond acceptors (Lipinski definition) is 8. The number of aromatic amines is 2. The molecular formula is C39H53N7O8. The van der Waals surface area contributed by atoms with Gasteiger partial charge in [0.1, 0.15) is 6.73 Å². The third-order valence-corrected chi connectivity index (χ3v) is 9.98. The molecule has 3 amide bonds. The molecule has 3 fully saturated rings. The monoisotopic (exact) mass is 747 g/mol. The Balaban J connectivity index is 0.000000173. The van der Waals surface area contributed by atoms with Gasteiger partial charge in [-0.15, -0.1) is 0 Å². The minimum absolute atomic E-state index is 0.0740. The second kappa shape index (κ2) is 20.2. The maximum atomic E-state index is 12.1. The number of nitro groups is 2. The van der Waals surface area contributed by atoms with Crippen LogP contribution in [0.25, 0.3) is 21.8 Å². The number of amides is 3. The lowest BCUT2D eigenvalue weighted by Crippen LogP contribution is -2.25. The molecule has 0 saturated carbocycles. The predicted octanol–water partition coefficient (Wildman–Crippen LogP) is 6.81. The summed E-state index contributed by atoms with van der Waals surface area (Å²) in [7, 11) is 0. The van der Waals surface area contributed by atoms with Crippen molar-refractivity contribution in [2.24, 2.45) is 17.8 Å². The Morgan fingerprint density at radius 1 is 0.741 bits per heavy atom. The molecule has 2 aromatic heterocycles. The fourth-order valence-corrected chi connectivity index (χ4v) is 7.25. The number of nitrogens with one attached hydrogen (secondary N) is 3. The summed E-state index contributed by atoms with van der Waals surface area (Å²) >= 11 is 0. The predicted molar refractivity (Wildman–Crippen MR) is 206 cm³/mol. The number of nitrogens with zero attached hydrogens (tertiary/aromatic N) is 4. The summed E-state index contributed by atoms with van der Waals surface area (Å²) < 4.78 is 0. The molecule has 4 aromatic rings. The Labute approximate surface area is 314 Å². The highest BCUT2D eigenvalue weighted by Crippen LogP contribution is 2.28. The van der Waals surface area contributed by atoms with Gasteiger partial charge in [-0.1, -0.05) is 40.0 Å². The van der Waals surface area contributed by atoms with E-state index in [1.807, 2.05) is 17.2 Å². The number of hydrogen-bond donors (Lipinski definition) is 4. The first-order valence-electron chi connectivity index (χ1n) is 18.8. The first kappa shape index (κ1) is 41.4. The van der Waals surface area contributed by atoms with Gasteiger partial charge in [0.25, 0.3) is 11.4 Å². The van der Waals surface area contributed by atoms with Crippen LogP contribution in [0.3, 0.4) is 0 Å². The van der Waals surface area contributed by atoms with Gasteiger partial charge in [-0.25, -0.2) is 0 Å². The van der Waals surface area contributed by atoms with Gasteiger partial charge < -0.3 is 30.2 Å². The lowest BCUT2D eigenvalue weighted by atomic mass is 10.0. The maximum Gasteiger partial charge on any atom is 0.270 e. The second-order valence-corrected chi connectivity index (χ2v) is 14.2. The molecule has 0 aliphatic carbocycles. The largest absolute Gasteiger partial charge is 0.376 e. The molecule has 2 aromatic carbocycles. The highest BCUT2D eigenvalue weighted by molar-refractivity contribution is 5.86. The van der Waals surface area contributed by atoms with E-state index in [9.17, 15) is 34.6 Å². The first-order chi connectivity index (χ1) is 26.0. The van der Waals surface area contributed by atoms with Crippen LogP contribution < -0.4 is 5.32 Å². The summed E-state index contributed by atoms with van der Waals surface area (Å²) in [6.07, 6.45) is 12.4. The number of carbonyl (C=O) groups is 3.